The van der Waals surface area contributed by atoms with Crippen LogP contribution in [-0.4, -0.2) is 39.3 Å². The molecule has 5 heteroatoms. The van der Waals surface area contributed by atoms with Crippen LogP contribution in [0.2, 0.25) is 0 Å². The first kappa shape index (κ1) is 13.3. The number of rotatable bonds is 3. The number of benzene rings is 1. The lowest BCUT2D eigenvalue weighted by Gasteiger charge is -2.28. The van der Waals surface area contributed by atoms with Crippen LogP contribution in [0.15, 0.2) is 28.8 Å². The maximum atomic E-state index is 9.66. The Bertz CT molecular complexity index is 565. The summed E-state index contributed by atoms with van der Waals surface area (Å²) in [6, 6.07) is 8.02. The molecule has 1 fully saturated rings. The van der Waals surface area contributed by atoms with Crippen molar-refractivity contribution in [3.63, 3.8) is 0 Å². The van der Waals surface area contributed by atoms with Gasteiger partial charge in [0.25, 0.3) is 5.89 Å². The highest BCUT2D eigenvalue weighted by atomic mass is 16.5. The molecule has 0 unspecified atom stereocenters. The second kappa shape index (κ2) is 5.73. The van der Waals surface area contributed by atoms with Crippen LogP contribution in [-0.2, 0) is 6.54 Å². The van der Waals surface area contributed by atoms with E-state index in [9.17, 15) is 5.11 Å². The summed E-state index contributed by atoms with van der Waals surface area (Å²) < 4.78 is 5.31. The van der Waals surface area contributed by atoms with Gasteiger partial charge in [0.15, 0.2) is 5.82 Å². The average Bonchev–Trinajstić information content (AvgIpc) is 2.88. The minimum atomic E-state index is -0.229. The molecule has 5 nitrogen and oxygen atoms in total. The summed E-state index contributed by atoms with van der Waals surface area (Å²) in [5.74, 6) is 1.23. The Kier molecular flexibility index (Phi) is 3.80. The van der Waals surface area contributed by atoms with Crippen molar-refractivity contribution in [3.8, 4) is 11.5 Å². The fourth-order valence-electron chi connectivity index (χ4n) is 2.51. The monoisotopic (exact) mass is 273 g/mol. The SMILES string of the molecule is Cc1ccc(-c2nc(CN3CCC[C@H](O)C3)no2)cc1. The highest BCUT2D eigenvalue weighted by molar-refractivity contribution is 5.53. The molecule has 0 spiro atoms. The number of β-amino-alcohol motifs (C(OH)–C–C–N with tert-alkyl or cyclic N) is 1. The summed E-state index contributed by atoms with van der Waals surface area (Å²) in [6.45, 7) is 4.34. The van der Waals surface area contributed by atoms with Crippen LogP contribution in [0.1, 0.15) is 24.2 Å². The number of nitrogens with zero attached hydrogens (tertiary/aromatic N) is 3. The van der Waals surface area contributed by atoms with Crippen molar-refractivity contribution < 1.29 is 9.63 Å². The molecule has 0 radical (unpaired) electrons. The van der Waals surface area contributed by atoms with E-state index in [-0.39, 0.29) is 6.10 Å². The third-order valence-corrected chi connectivity index (χ3v) is 3.61. The minimum absolute atomic E-state index is 0.229. The topological polar surface area (TPSA) is 62.4 Å². The summed E-state index contributed by atoms with van der Waals surface area (Å²) in [4.78, 5) is 6.59. The van der Waals surface area contributed by atoms with E-state index in [1.807, 2.05) is 31.2 Å². The molecule has 1 aromatic carbocycles. The molecule has 0 saturated carbocycles. The average molecular weight is 273 g/mol. The van der Waals surface area contributed by atoms with Gasteiger partial charge < -0.3 is 9.63 Å². The maximum absolute atomic E-state index is 9.66. The van der Waals surface area contributed by atoms with Crippen LogP contribution in [0.25, 0.3) is 11.5 Å². The lowest BCUT2D eigenvalue weighted by Crippen LogP contribution is -2.37. The van der Waals surface area contributed by atoms with Gasteiger partial charge in [-0.3, -0.25) is 4.90 Å². The highest BCUT2D eigenvalue weighted by Gasteiger charge is 2.19. The normalized spacial score (nSPS) is 20.2. The van der Waals surface area contributed by atoms with E-state index in [1.165, 1.54) is 5.56 Å². The van der Waals surface area contributed by atoms with Crippen LogP contribution in [0.5, 0.6) is 0 Å². The van der Waals surface area contributed by atoms with Gasteiger partial charge in [0.05, 0.1) is 12.6 Å². The molecule has 1 saturated heterocycles. The van der Waals surface area contributed by atoms with Gasteiger partial charge in [0.2, 0.25) is 0 Å². The number of aryl methyl sites for hydroxylation is 1. The van der Waals surface area contributed by atoms with Crippen LogP contribution in [0.3, 0.4) is 0 Å². The summed E-state index contributed by atoms with van der Waals surface area (Å²) in [6.07, 6.45) is 1.67. The zero-order valence-electron chi connectivity index (χ0n) is 11.6. The second-order valence-electron chi connectivity index (χ2n) is 5.41. The van der Waals surface area contributed by atoms with Crippen LogP contribution < -0.4 is 0 Å². The number of hydrogen-bond acceptors (Lipinski definition) is 5. The Morgan fingerprint density at radius 3 is 2.90 bits per heavy atom. The molecule has 1 aromatic heterocycles. The fourth-order valence-corrected chi connectivity index (χ4v) is 2.51. The number of aliphatic hydroxyl groups is 1. The Morgan fingerprint density at radius 1 is 1.35 bits per heavy atom. The van der Waals surface area contributed by atoms with E-state index in [0.29, 0.717) is 24.8 Å². The summed E-state index contributed by atoms with van der Waals surface area (Å²) >= 11 is 0. The van der Waals surface area contributed by atoms with E-state index in [0.717, 1.165) is 24.9 Å². The molecule has 0 aliphatic carbocycles. The first-order valence-corrected chi connectivity index (χ1v) is 7.01. The summed E-state index contributed by atoms with van der Waals surface area (Å²) in [7, 11) is 0. The Morgan fingerprint density at radius 2 is 2.15 bits per heavy atom. The van der Waals surface area contributed by atoms with Crippen LogP contribution in [0.4, 0.5) is 0 Å². The van der Waals surface area contributed by atoms with Gasteiger partial charge in [0.1, 0.15) is 0 Å². The molecule has 2 aromatic rings. The third kappa shape index (κ3) is 3.05. The predicted octanol–water partition coefficient (Wildman–Crippen LogP) is 2.00. The standard InChI is InChI=1S/C15H19N3O2/c1-11-4-6-12(7-5-11)15-16-14(17-20-15)10-18-8-2-3-13(19)9-18/h4-7,13,19H,2-3,8-10H2,1H3/t13-/m0/s1. The molecule has 1 aliphatic rings. The smallest absolute Gasteiger partial charge is 0.257 e. The molecule has 0 bridgehead atoms. The Hall–Kier alpha value is -1.72. The van der Waals surface area contributed by atoms with E-state index in [2.05, 4.69) is 15.0 Å². The quantitative estimate of drug-likeness (QED) is 0.926. The Labute approximate surface area is 118 Å². The third-order valence-electron chi connectivity index (χ3n) is 3.61. The molecular weight excluding hydrogens is 254 g/mol. The molecule has 3 rings (SSSR count). The van der Waals surface area contributed by atoms with Crippen molar-refractivity contribution in [2.45, 2.75) is 32.4 Å². The predicted molar refractivity (Wildman–Crippen MR) is 75.0 cm³/mol. The highest BCUT2D eigenvalue weighted by Crippen LogP contribution is 2.19. The van der Waals surface area contributed by atoms with Crippen LogP contribution >= 0.6 is 0 Å². The number of piperidine rings is 1. The number of hydrogen-bond donors (Lipinski definition) is 1. The number of aromatic nitrogens is 2. The number of likely N-dealkylation sites (tertiary alicyclic amines) is 1. The van der Waals surface area contributed by atoms with E-state index in [1.54, 1.807) is 0 Å². The molecule has 2 heterocycles. The van der Waals surface area contributed by atoms with Crippen molar-refractivity contribution in [1.82, 2.24) is 15.0 Å². The van der Waals surface area contributed by atoms with E-state index < -0.39 is 0 Å². The first-order valence-electron chi connectivity index (χ1n) is 7.01. The van der Waals surface area contributed by atoms with Gasteiger partial charge in [-0.15, -0.1) is 0 Å². The van der Waals surface area contributed by atoms with Gasteiger partial charge in [0, 0.05) is 12.1 Å². The van der Waals surface area contributed by atoms with Gasteiger partial charge in [-0.25, -0.2) is 0 Å². The van der Waals surface area contributed by atoms with Crippen molar-refractivity contribution in [3.05, 3.63) is 35.7 Å². The van der Waals surface area contributed by atoms with Crippen LogP contribution in [0, 0.1) is 6.92 Å². The summed E-state index contributed by atoms with van der Waals surface area (Å²) in [5, 5.41) is 13.7. The van der Waals surface area contributed by atoms with Gasteiger partial charge in [-0.1, -0.05) is 22.9 Å². The largest absolute Gasteiger partial charge is 0.392 e. The Balaban J connectivity index is 1.69. The van der Waals surface area contributed by atoms with Crippen molar-refractivity contribution >= 4 is 0 Å². The molecule has 1 N–H and O–H groups in total. The first-order chi connectivity index (χ1) is 9.70. The molecule has 0 amide bonds. The van der Waals surface area contributed by atoms with Crippen molar-refractivity contribution in [2.24, 2.45) is 0 Å². The van der Waals surface area contributed by atoms with Gasteiger partial charge in [-0.2, -0.15) is 4.98 Å². The molecular formula is C15H19N3O2. The van der Waals surface area contributed by atoms with E-state index in [4.69, 9.17) is 4.52 Å². The summed E-state index contributed by atoms with van der Waals surface area (Å²) in [5.41, 5.74) is 2.14. The molecule has 106 valence electrons. The number of aliphatic hydroxyl groups excluding tert-OH is 1. The van der Waals surface area contributed by atoms with E-state index >= 15 is 0 Å². The molecule has 1 aliphatic heterocycles. The van der Waals surface area contributed by atoms with Gasteiger partial charge in [-0.05, 0) is 38.4 Å². The second-order valence-corrected chi connectivity index (χ2v) is 5.41. The van der Waals surface area contributed by atoms with Gasteiger partial charge >= 0.3 is 0 Å². The molecule has 1 atom stereocenters. The van der Waals surface area contributed by atoms with Crippen molar-refractivity contribution in [1.29, 1.82) is 0 Å². The molecule has 20 heavy (non-hydrogen) atoms. The minimum Gasteiger partial charge on any atom is -0.392 e. The van der Waals surface area contributed by atoms with Crippen molar-refractivity contribution in [2.75, 3.05) is 13.1 Å². The maximum Gasteiger partial charge on any atom is 0.257 e. The zero-order valence-corrected chi connectivity index (χ0v) is 11.6. The fraction of sp³-hybridized carbons (Fsp3) is 0.467. The lowest BCUT2D eigenvalue weighted by atomic mass is 10.1. The zero-order chi connectivity index (χ0) is 13.9. The lowest BCUT2D eigenvalue weighted by molar-refractivity contribution is 0.0651.